The average Bonchev–Trinajstić information content (AvgIpc) is 2.61. The molecule has 0 spiro atoms. The van der Waals surface area contributed by atoms with Crippen molar-refractivity contribution in [3.8, 4) is 0 Å². The van der Waals surface area contributed by atoms with Crippen LogP contribution in [0.1, 0.15) is 46.5 Å². The Hall–Kier alpha value is -0.810. The predicted molar refractivity (Wildman–Crippen MR) is 123 cm³/mol. The molecule has 0 aliphatic carbocycles. The number of carbonyl (C=O) groups excluding carboxylic acids is 1. The summed E-state index contributed by atoms with van der Waals surface area (Å²) in [5.41, 5.74) is -0.468. The summed E-state index contributed by atoms with van der Waals surface area (Å²) in [6, 6.07) is 0. The van der Waals surface area contributed by atoms with Crippen LogP contribution < -0.4 is 10.6 Å². The van der Waals surface area contributed by atoms with Crippen molar-refractivity contribution in [1.82, 2.24) is 15.5 Å². The number of alkyl carbamates (subject to hydrolysis) is 1. The van der Waals surface area contributed by atoms with Crippen molar-refractivity contribution < 1.29 is 19.0 Å². The molecule has 1 rings (SSSR count). The Morgan fingerprint density at radius 1 is 1.11 bits per heavy atom. The maximum atomic E-state index is 11.6. The van der Waals surface area contributed by atoms with Gasteiger partial charge in [-0.3, -0.25) is 4.99 Å². The largest absolute Gasteiger partial charge is 0.444 e. The molecule has 9 heteroatoms. The van der Waals surface area contributed by atoms with Gasteiger partial charge in [0.25, 0.3) is 0 Å². The summed E-state index contributed by atoms with van der Waals surface area (Å²) in [6.45, 7) is 10.2. The number of piperidine rings is 1. The second kappa shape index (κ2) is 15.1. The van der Waals surface area contributed by atoms with Crippen LogP contribution in [0.3, 0.4) is 0 Å². The molecule has 1 heterocycles. The number of rotatable bonds is 9. The zero-order valence-corrected chi connectivity index (χ0v) is 20.4. The van der Waals surface area contributed by atoms with Crippen LogP contribution in [0.5, 0.6) is 0 Å². The number of likely N-dealkylation sites (tertiary alicyclic amines) is 1. The van der Waals surface area contributed by atoms with E-state index in [1.165, 1.54) is 0 Å². The van der Waals surface area contributed by atoms with Crippen LogP contribution in [0.25, 0.3) is 0 Å². The van der Waals surface area contributed by atoms with Crippen molar-refractivity contribution in [1.29, 1.82) is 0 Å². The highest BCUT2D eigenvalue weighted by molar-refractivity contribution is 14.0. The van der Waals surface area contributed by atoms with Crippen molar-refractivity contribution in [3.63, 3.8) is 0 Å². The quantitative estimate of drug-likeness (QED) is 0.213. The van der Waals surface area contributed by atoms with Gasteiger partial charge in [-0.1, -0.05) is 0 Å². The van der Waals surface area contributed by atoms with Crippen LogP contribution in [-0.4, -0.2) is 82.2 Å². The van der Waals surface area contributed by atoms with E-state index in [2.05, 4.69) is 20.5 Å². The summed E-state index contributed by atoms with van der Waals surface area (Å²) in [5, 5.41) is 6.13. The number of hydrogen-bond donors (Lipinski definition) is 2. The summed E-state index contributed by atoms with van der Waals surface area (Å²) in [6.07, 6.45) is 3.71. The van der Waals surface area contributed by atoms with E-state index < -0.39 is 5.60 Å². The van der Waals surface area contributed by atoms with Gasteiger partial charge in [0.15, 0.2) is 5.96 Å². The molecule has 0 bridgehead atoms. The monoisotopic (exact) mass is 514 g/mol. The van der Waals surface area contributed by atoms with E-state index in [1.807, 2.05) is 20.8 Å². The first-order chi connectivity index (χ1) is 12.9. The Bertz CT molecular complexity index is 450. The van der Waals surface area contributed by atoms with Gasteiger partial charge in [-0.05, 0) is 46.5 Å². The molecule has 0 aromatic rings. The molecule has 0 saturated carbocycles. The van der Waals surface area contributed by atoms with Gasteiger partial charge < -0.3 is 29.7 Å². The lowest BCUT2D eigenvalue weighted by atomic mass is 10.1. The summed E-state index contributed by atoms with van der Waals surface area (Å²) < 4.78 is 16.2. The van der Waals surface area contributed by atoms with Crippen molar-refractivity contribution in [3.05, 3.63) is 0 Å². The maximum absolute atomic E-state index is 11.6. The van der Waals surface area contributed by atoms with Crippen LogP contribution in [-0.2, 0) is 14.2 Å². The van der Waals surface area contributed by atoms with E-state index in [4.69, 9.17) is 14.2 Å². The molecule has 1 aliphatic rings. The highest BCUT2D eigenvalue weighted by atomic mass is 127. The fourth-order valence-corrected chi connectivity index (χ4v) is 2.81. The topological polar surface area (TPSA) is 84.4 Å². The Labute approximate surface area is 187 Å². The van der Waals surface area contributed by atoms with Crippen molar-refractivity contribution in [2.45, 2.75) is 58.2 Å². The summed E-state index contributed by atoms with van der Waals surface area (Å²) in [5.74, 6) is 0.908. The molecule has 0 aromatic heterocycles. The molecule has 0 aromatic carbocycles. The third-order valence-corrected chi connectivity index (χ3v) is 4.10. The molecule has 28 heavy (non-hydrogen) atoms. The van der Waals surface area contributed by atoms with Gasteiger partial charge in [-0.15, -0.1) is 24.0 Å². The minimum atomic E-state index is -0.468. The van der Waals surface area contributed by atoms with Crippen LogP contribution in [0.15, 0.2) is 4.99 Å². The average molecular weight is 514 g/mol. The number of nitrogens with zero attached hydrogens (tertiary/aromatic N) is 2. The minimum absolute atomic E-state index is 0. The first kappa shape index (κ1) is 27.2. The van der Waals surface area contributed by atoms with Gasteiger partial charge in [-0.2, -0.15) is 0 Å². The fourth-order valence-electron chi connectivity index (χ4n) is 2.81. The number of nitrogens with one attached hydrogen (secondary N) is 2. The van der Waals surface area contributed by atoms with Crippen molar-refractivity contribution >= 4 is 36.0 Å². The van der Waals surface area contributed by atoms with E-state index in [9.17, 15) is 4.79 Å². The highest BCUT2D eigenvalue weighted by Crippen LogP contribution is 2.14. The maximum Gasteiger partial charge on any atom is 0.407 e. The van der Waals surface area contributed by atoms with Crippen LogP contribution in [0.4, 0.5) is 4.79 Å². The number of amides is 1. The lowest BCUT2D eigenvalue weighted by molar-refractivity contribution is 0.00991. The smallest absolute Gasteiger partial charge is 0.407 e. The number of ether oxygens (including phenoxy) is 3. The lowest BCUT2D eigenvalue weighted by Gasteiger charge is -2.34. The molecule has 1 aliphatic heterocycles. The first-order valence-electron chi connectivity index (χ1n) is 9.88. The van der Waals surface area contributed by atoms with E-state index in [-0.39, 0.29) is 30.1 Å². The minimum Gasteiger partial charge on any atom is -0.444 e. The van der Waals surface area contributed by atoms with Crippen molar-refractivity contribution in [2.75, 3.05) is 53.6 Å². The Balaban J connectivity index is 0.00000729. The molecule has 1 fully saturated rings. The molecular weight excluding hydrogens is 475 g/mol. The number of halogens is 1. The Morgan fingerprint density at radius 3 is 2.32 bits per heavy atom. The first-order valence-corrected chi connectivity index (χ1v) is 9.88. The molecule has 0 radical (unpaired) electrons. The third-order valence-electron chi connectivity index (χ3n) is 4.10. The zero-order chi connectivity index (χ0) is 20.1. The molecule has 0 atom stereocenters. The molecule has 2 N–H and O–H groups in total. The molecule has 8 nitrogen and oxygen atoms in total. The highest BCUT2D eigenvalue weighted by Gasteiger charge is 2.21. The van der Waals surface area contributed by atoms with Crippen LogP contribution in [0.2, 0.25) is 0 Å². The molecular formula is C19H39IN4O4. The van der Waals surface area contributed by atoms with Gasteiger partial charge in [0.05, 0.1) is 6.10 Å². The fraction of sp³-hybridized carbons (Fsp3) is 0.895. The van der Waals surface area contributed by atoms with Crippen molar-refractivity contribution in [2.24, 2.45) is 4.99 Å². The van der Waals surface area contributed by atoms with Crippen LogP contribution in [0, 0.1) is 0 Å². The second-order valence-electron chi connectivity index (χ2n) is 7.66. The van der Waals surface area contributed by atoms with E-state index >= 15 is 0 Å². The standard InChI is InChI=1S/C19H38N4O4.HI/c1-19(2,3)27-18(24)22-11-6-10-21-17(20-4)23-12-8-16(9-13-23)26-15-7-14-25-5;/h16H,6-15H2,1-5H3,(H,20,21)(H,22,24);1H. The summed E-state index contributed by atoms with van der Waals surface area (Å²) in [7, 11) is 3.51. The Morgan fingerprint density at radius 2 is 1.75 bits per heavy atom. The zero-order valence-electron chi connectivity index (χ0n) is 18.1. The molecule has 0 unspecified atom stereocenters. The SMILES string of the molecule is CN=C(NCCCNC(=O)OC(C)(C)C)N1CCC(OCCCOC)CC1.I. The number of hydrogen-bond acceptors (Lipinski definition) is 5. The lowest BCUT2D eigenvalue weighted by Crippen LogP contribution is -2.47. The van der Waals surface area contributed by atoms with Gasteiger partial charge in [0.2, 0.25) is 0 Å². The van der Waals surface area contributed by atoms with Gasteiger partial charge in [-0.25, -0.2) is 4.79 Å². The molecule has 1 amide bonds. The van der Waals surface area contributed by atoms with Gasteiger partial charge >= 0.3 is 6.09 Å². The van der Waals surface area contributed by atoms with E-state index in [0.29, 0.717) is 12.6 Å². The third kappa shape index (κ3) is 12.6. The van der Waals surface area contributed by atoms with Crippen LogP contribution >= 0.6 is 24.0 Å². The normalized spacial score (nSPS) is 15.8. The molecule has 166 valence electrons. The number of carbonyl (C=O) groups is 1. The van der Waals surface area contributed by atoms with E-state index in [0.717, 1.165) is 64.5 Å². The van der Waals surface area contributed by atoms with Gasteiger partial charge in [0, 0.05) is 53.6 Å². The number of methoxy groups -OCH3 is 1. The summed E-state index contributed by atoms with van der Waals surface area (Å²) >= 11 is 0. The Kier molecular flexibility index (Phi) is 14.6. The molecule has 1 saturated heterocycles. The predicted octanol–water partition coefficient (Wildman–Crippen LogP) is 2.61. The van der Waals surface area contributed by atoms with E-state index in [1.54, 1.807) is 14.2 Å². The van der Waals surface area contributed by atoms with Gasteiger partial charge in [0.1, 0.15) is 5.60 Å². The summed E-state index contributed by atoms with van der Waals surface area (Å²) in [4.78, 5) is 18.2. The second-order valence-corrected chi connectivity index (χ2v) is 7.66. The number of aliphatic imine (C=N–C) groups is 1. The number of guanidine groups is 1.